The summed E-state index contributed by atoms with van der Waals surface area (Å²) in [6.45, 7) is 1.95. The van der Waals surface area contributed by atoms with Gasteiger partial charge in [0, 0.05) is 44.9 Å². The predicted octanol–water partition coefficient (Wildman–Crippen LogP) is 5.56. The smallest absolute Gasteiger partial charge is 0.103 e. The quantitative estimate of drug-likeness (QED) is 0.411. The van der Waals surface area contributed by atoms with E-state index in [1.165, 1.54) is 43.9 Å². The van der Waals surface area contributed by atoms with E-state index in [1.807, 2.05) is 37.4 Å². The normalized spacial score (nSPS) is 19.1. The van der Waals surface area contributed by atoms with E-state index in [-0.39, 0.29) is 0 Å². The van der Waals surface area contributed by atoms with Gasteiger partial charge in [-0.05, 0) is 57.9 Å². The molecule has 0 radical (unpaired) electrons. The molecule has 2 aliphatic heterocycles. The number of benzene rings is 1. The maximum atomic E-state index is 9.43. The molecule has 0 saturated carbocycles. The molecule has 1 N–H and O–H groups in total. The van der Waals surface area contributed by atoms with Crippen LogP contribution in [0.1, 0.15) is 48.9 Å². The van der Waals surface area contributed by atoms with Crippen molar-refractivity contribution < 1.29 is 0 Å². The lowest BCUT2D eigenvalue weighted by Gasteiger charge is -2.30. The molecule has 35 heavy (non-hydrogen) atoms. The SMILES string of the molecule is CN1C2CCCC1CC2.Cc1[nH]ncc1-c1cc(Sc2ccccc2C#N)c2c(C#N)cnn2c1. The molecule has 5 heterocycles. The van der Waals surface area contributed by atoms with Crippen LogP contribution in [0.5, 0.6) is 0 Å². The van der Waals surface area contributed by atoms with Crippen LogP contribution in [-0.2, 0) is 0 Å². The van der Waals surface area contributed by atoms with Crippen LogP contribution in [-0.4, -0.2) is 43.8 Å². The first-order valence-corrected chi connectivity index (χ1v) is 12.7. The summed E-state index contributed by atoms with van der Waals surface area (Å²) in [6.07, 6.45) is 12.6. The molecule has 2 saturated heterocycles. The van der Waals surface area contributed by atoms with Crippen molar-refractivity contribution >= 4 is 17.3 Å². The molecule has 1 aromatic carbocycles. The van der Waals surface area contributed by atoms with Crippen LogP contribution < -0.4 is 0 Å². The van der Waals surface area contributed by atoms with Gasteiger partial charge in [-0.3, -0.25) is 5.10 Å². The predicted molar refractivity (Wildman–Crippen MR) is 136 cm³/mol. The van der Waals surface area contributed by atoms with Crippen LogP contribution >= 0.6 is 11.8 Å². The summed E-state index contributed by atoms with van der Waals surface area (Å²) in [5.41, 5.74) is 4.68. The molecule has 0 spiro atoms. The second kappa shape index (κ2) is 9.95. The molecule has 0 aliphatic carbocycles. The van der Waals surface area contributed by atoms with Crippen LogP contribution in [0.4, 0.5) is 0 Å². The molecular weight excluding hydrogens is 454 g/mol. The fraction of sp³-hybridized carbons (Fsp3) is 0.333. The van der Waals surface area contributed by atoms with Crippen LogP contribution in [0.3, 0.4) is 0 Å². The van der Waals surface area contributed by atoms with E-state index in [1.54, 1.807) is 23.0 Å². The van der Waals surface area contributed by atoms with E-state index >= 15 is 0 Å². The zero-order valence-electron chi connectivity index (χ0n) is 19.9. The van der Waals surface area contributed by atoms with Gasteiger partial charge < -0.3 is 4.90 Å². The monoisotopic (exact) mass is 481 g/mol. The van der Waals surface area contributed by atoms with Gasteiger partial charge in [-0.2, -0.15) is 20.7 Å². The molecule has 2 unspecified atom stereocenters. The number of fused-ring (bicyclic) bond motifs is 3. The van der Waals surface area contributed by atoms with E-state index in [9.17, 15) is 10.5 Å². The molecule has 2 atom stereocenters. The summed E-state index contributed by atoms with van der Waals surface area (Å²) in [7, 11) is 2.29. The molecule has 3 aromatic heterocycles. The summed E-state index contributed by atoms with van der Waals surface area (Å²) < 4.78 is 1.71. The van der Waals surface area contributed by atoms with E-state index in [0.29, 0.717) is 11.1 Å². The van der Waals surface area contributed by atoms with Gasteiger partial charge in [0.15, 0.2) is 0 Å². The summed E-state index contributed by atoms with van der Waals surface area (Å²) in [6, 6.07) is 15.8. The van der Waals surface area contributed by atoms with Crippen LogP contribution in [0.25, 0.3) is 16.6 Å². The van der Waals surface area contributed by atoms with Crippen molar-refractivity contribution in [3.8, 4) is 23.3 Å². The fourth-order valence-electron chi connectivity index (χ4n) is 5.17. The molecule has 2 aliphatic rings. The Morgan fingerprint density at radius 3 is 2.40 bits per heavy atom. The molecule has 4 aromatic rings. The average molecular weight is 482 g/mol. The Bertz CT molecular complexity index is 1420. The Hall–Kier alpha value is -3.59. The second-order valence-corrected chi connectivity index (χ2v) is 10.2. The largest absolute Gasteiger partial charge is 0.300 e. The number of H-pyrrole nitrogens is 1. The van der Waals surface area contributed by atoms with Crippen LogP contribution in [0.15, 0.2) is 58.7 Å². The number of aromatic nitrogens is 4. The minimum absolute atomic E-state index is 0.498. The molecule has 0 amide bonds. The second-order valence-electron chi connectivity index (χ2n) is 9.16. The lowest BCUT2D eigenvalue weighted by atomic mass is 10.0. The van der Waals surface area contributed by atoms with E-state index in [0.717, 1.165) is 44.2 Å². The van der Waals surface area contributed by atoms with Gasteiger partial charge in [-0.1, -0.05) is 30.3 Å². The number of pyridine rings is 1. The third-order valence-electron chi connectivity index (χ3n) is 7.13. The van der Waals surface area contributed by atoms with E-state index in [4.69, 9.17) is 0 Å². The van der Waals surface area contributed by atoms with Crippen molar-refractivity contribution in [1.82, 2.24) is 24.7 Å². The zero-order chi connectivity index (χ0) is 24.4. The van der Waals surface area contributed by atoms with Crippen LogP contribution in [0, 0.1) is 29.6 Å². The van der Waals surface area contributed by atoms with Gasteiger partial charge in [-0.25, -0.2) is 4.52 Å². The van der Waals surface area contributed by atoms with E-state index < -0.39 is 0 Å². The minimum atomic E-state index is 0.498. The number of hydrogen-bond acceptors (Lipinski definition) is 6. The van der Waals surface area contributed by atoms with Gasteiger partial charge >= 0.3 is 0 Å². The summed E-state index contributed by atoms with van der Waals surface area (Å²) >= 11 is 1.45. The molecule has 6 rings (SSSR count). The Kier molecular flexibility index (Phi) is 6.59. The van der Waals surface area contributed by atoms with Crippen molar-refractivity contribution in [2.75, 3.05) is 7.05 Å². The van der Waals surface area contributed by atoms with Crippen molar-refractivity contribution in [2.24, 2.45) is 0 Å². The molecular formula is C27H27N7S. The van der Waals surface area contributed by atoms with Crippen molar-refractivity contribution in [3.05, 3.63) is 65.7 Å². The highest BCUT2D eigenvalue weighted by Crippen LogP contribution is 2.37. The first-order valence-electron chi connectivity index (χ1n) is 11.9. The Morgan fingerprint density at radius 1 is 1.00 bits per heavy atom. The third-order valence-corrected chi connectivity index (χ3v) is 8.23. The van der Waals surface area contributed by atoms with Crippen molar-refractivity contribution in [2.45, 2.75) is 60.9 Å². The Morgan fingerprint density at radius 2 is 1.74 bits per heavy atom. The number of nitrogens with zero attached hydrogens (tertiary/aromatic N) is 6. The lowest BCUT2D eigenvalue weighted by Crippen LogP contribution is -2.35. The average Bonchev–Trinajstić information content (AvgIpc) is 3.53. The number of piperidine rings is 1. The fourth-order valence-corrected chi connectivity index (χ4v) is 6.27. The first kappa shape index (κ1) is 23.2. The highest BCUT2D eigenvalue weighted by atomic mass is 32.2. The van der Waals surface area contributed by atoms with Gasteiger partial charge in [0.25, 0.3) is 0 Å². The van der Waals surface area contributed by atoms with Crippen LogP contribution in [0.2, 0.25) is 0 Å². The zero-order valence-corrected chi connectivity index (χ0v) is 20.7. The number of aryl methyl sites for hydroxylation is 1. The highest BCUT2D eigenvalue weighted by Gasteiger charge is 2.33. The first-order chi connectivity index (χ1) is 17.1. The number of rotatable bonds is 3. The summed E-state index contributed by atoms with van der Waals surface area (Å²) in [5.74, 6) is 0. The number of nitriles is 2. The number of hydrogen-bond donors (Lipinski definition) is 1. The Labute approximate surface area is 209 Å². The molecule has 7 nitrogen and oxygen atoms in total. The number of nitrogens with one attached hydrogen (secondary N) is 1. The summed E-state index contributed by atoms with van der Waals surface area (Å²) in [4.78, 5) is 4.28. The molecule has 2 bridgehead atoms. The van der Waals surface area contributed by atoms with E-state index in [2.05, 4.69) is 39.4 Å². The summed E-state index contributed by atoms with van der Waals surface area (Å²) in [5, 5.41) is 30.1. The Balaban J connectivity index is 0.000000234. The number of aromatic amines is 1. The van der Waals surface area contributed by atoms with Gasteiger partial charge in [0.2, 0.25) is 0 Å². The lowest BCUT2D eigenvalue weighted by molar-refractivity contribution is 0.179. The topological polar surface area (TPSA) is 96.8 Å². The minimum Gasteiger partial charge on any atom is -0.300 e. The highest BCUT2D eigenvalue weighted by molar-refractivity contribution is 7.99. The van der Waals surface area contributed by atoms with Crippen molar-refractivity contribution in [3.63, 3.8) is 0 Å². The third kappa shape index (κ3) is 4.55. The molecule has 176 valence electrons. The molecule has 2 fully saturated rings. The van der Waals surface area contributed by atoms with Gasteiger partial charge in [-0.15, -0.1) is 0 Å². The van der Waals surface area contributed by atoms with Gasteiger partial charge in [0.05, 0.1) is 29.0 Å². The molecule has 8 heteroatoms. The van der Waals surface area contributed by atoms with Crippen molar-refractivity contribution in [1.29, 1.82) is 10.5 Å². The van der Waals surface area contributed by atoms with Gasteiger partial charge in [0.1, 0.15) is 12.1 Å². The maximum Gasteiger partial charge on any atom is 0.103 e. The standard InChI is InChI=1S/C19H12N6S.C8H15N/c1-12-16(10-22-24-12)14-6-18(19-15(8-21)9-23-25(19)11-14)26-17-5-3-2-4-13(17)7-20;1-9-7-3-2-4-8(9)6-5-7/h2-6,9-11H,1H3,(H,22,24);7-8H,2-6H2,1H3. The maximum absolute atomic E-state index is 9.43.